The van der Waals surface area contributed by atoms with Crippen LogP contribution >= 0.6 is 11.3 Å². The van der Waals surface area contributed by atoms with Gasteiger partial charge in [-0.3, -0.25) is 9.78 Å². The summed E-state index contributed by atoms with van der Waals surface area (Å²) in [4.78, 5) is 35.1. The number of anilines is 1. The smallest absolute Gasteiger partial charge is 0.450 e. The number of hydrogen-bond donors (Lipinski definition) is 3. The molecular weight excluding hydrogens is 524 g/mol. The van der Waals surface area contributed by atoms with Gasteiger partial charge in [-0.1, -0.05) is 6.07 Å². The number of nitrogens with zero attached hydrogens (tertiary/aromatic N) is 5. The topological polar surface area (TPSA) is 175 Å². The van der Waals surface area contributed by atoms with E-state index >= 15 is 0 Å². The lowest BCUT2D eigenvalue weighted by Gasteiger charge is -2.29. The lowest BCUT2D eigenvalue weighted by atomic mass is 9.83. The first-order valence-corrected chi connectivity index (χ1v) is 13.2. The first kappa shape index (κ1) is 28.1. The fourth-order valence-electron chi connectivity index (χ4n) is 4.72. The number of Topliss-reactive ketones (excluding diaryl/α,β-unsaturated/α-hetero) is 1. The van der Waals surface area contributed by atoms with Crippen molar-refractivity contribution in [3.63, 3.8) is 0 Å². The largest absolute Gasteiger partial charge is 0.503 e. The SMILES string of the molecule is COCCO[C@H]1CC[C@H](c2nc3c(-c4ccc(-c5nccs5)nc4)cnn3c(N)c2C(C)=O)CC1.O=C(O)O. The van der Waals surface area contributed by atoms with E-state index in [4.69, 9.17) is 35.2 Å². The molecule has 0 bridgehead atoms. The van der Waals surface area contributed by atoms with Gasteiger partial charge in [0.2, 0.25) is 0 Å². The fraction of sp³-hybridized carbons (Fsp3) is 0.385. The van der Waals surface area contributed by atoms with Crippen LogP contribution in [0.15, 0.2) is 36.1 Å². The summed E-state index contributed by atoms with van der Waals surface area (Å²) >= 11 is 1.55. The number of pyridine rings is 1. The minimum absolute atomic E-state index is 0.100. The summed E-state index contributed by atoms with van der Waals surface area (Å²) in [6.07, 6.45) is 7.25. The highest BCUT2D eigenvalue weighted by atomic mass is 32.1. The Kier molecular flexibility index (Phi) is 9.17. The van der Waals surface area contributed by atoms with E-state index in [1.165, 1.54) is 6.92 Å². The van der Waals surface area contributed by atoms with Gasteiger partial charge >= 0.3 is 6.16 Å². The van der Waals surface area contributed by atoms with Gasteiger partial charge in [0.25, 0.3) is 0 Å². The number of ether oxygens (including phenoxy) is 2. The minimum Gasteiger partial charge on any atom is -0.450 e. The third kappa shape index (κ3) is 6.56. The van der Waals surface area contributed by atoms with Crippen molar-refractivity contribution in [3.8, 4) is 21.8 Å². The summed E-state index contributed by atoms with van der Waals surface area (Å²) in [7, 11) is 1.67. The second kappa shape index (κ2) is 12.7. The fourth-order valence-corrected chi connectivity index (χ4v) is 5.34. The van der Waals surface area contributed by atoms with Crippen molar-refractivity contribution in [2.24, 2.45) is 0 Å². The molecule has 12 nitrogen and oxygen atoms in total. The number of ketones is 1. The molecule has 4 aromatic rings. The molecule has 1 aliphatic rings. The van der Waals surface area contributed by atoms with Crippen LogP contribution in [0, 0.1) is 0 Å². The van der Waals surface area contributed by atoms with Crippen LogP contribution in [-0.2, 0) is 9.47 Å². The van der Waals surface area contributed by atoms with Gasteiger partial charge in [-0.25, -0.2) is 14.8 Å². The van der Waals surface area contributed by atoms with E-state index in [9.17, 15) is 4.79 Å². The number of hydrogen-bond acceptors (Lipinski definition) is 10. The predicted molar refractivity (Wildman–Crippen MR) is 145 cm³/mol. The Morgan fingerprint density at radius 2 is 1.87 bits per heavy atom. The zero-order valence-electron chi connectivity index (χ0n) is 21.6. The molecule has 0 radical (unpaired) electrons. The van der Waals surface area contributed by atoms with Crippen molar-refractivity contribution in [2.45, 2.75) is 44.6 Å². The highest BCUT2D eigenvalue weighted by molar-refractivity contribution is 7.13. The summed E-state index contributed by atoms with van der Waals surface area (Å²) in [5.41, 5.74) is 10.9. The lowest BCUT2D eigenvalue weighted by molar-refractivity contribution is -0.00298. The quantitative estimate of drug-likeness (QED) is 0.205. The number of carboxylic acid groups (broad SMARTS) is 2. The Bertz CT molecular complexity index is 1410. The Morgan fingerprint density at radius 3 is 2.46 bits per heavy atom. The van der Waals surface area contributed by atoms with Gasteiger partial charge in [0, 0.05) is 41.9 Å². The maximum atomic E-state index is 12.6. The maximum absolute atomic E-state index is 12.6. The van der Waals surface area contributed by atoms with Crippen LogP contribution in [0.25, 0.3) is 27.5 Å². The van der Waals surface area contributed by atoms with Gasteiger partial charge < -0.3 is 25.4 Å². The van der Waals surface area contributed by atoms with Crippen LogP contribution < -0.4 is 5.73 Å². The number of nitrogen functional groups attached to an aromatic ring is 1. The molecule has 4 heterocycles. The van der Waals surface area contributed by atoms with Crippen LogP contribution in [0.5, 0.6) is 0 Å². The number of fused-ring (bicyclic) bond motifs is 1. The Hall–Kier alpha value is -3.94. The molecule has 0 aromatic carbocycles. The van der Waals surface area contributed by atoms with Gasteiger partial charge in [0.05, 0.1) is 42.5 Å². The van der Waals surface area contributed by atoms with E-state index in [0.29, 0.717) is 30.2 Å². The molecule has 0 amide bonds. The summed E-state index contributed by atoms with van der Waals surface area (Å²) in [6.45, 7) is 2.72. The van der Waals surface area contributed by atoms with Crippen molar-refractivity contribution in [3.05, 3.63) is 47.4 Å². The number of carbonyl (C=O) groups excluding carboxylic acids is 1. The van der Waals surface area contributed by atoms with E-state index in [2.05, 4.69) is 15.1 Å². The van der Waals surface area contributed by atoms with Crippen molar-refractivity contribution in [1.82, 2.24) is 24.6 Å². The lowest BCUT2D eigenvalue weighted by Crippen LogP contribution is -2.24. The Balaban J connectivity index is 0.000000826. The Morgan fingerprint density at radius 1 is 1.13 bits per heavy atom. The number of methoxy groups -OCH3 is 1. The zero-order chi connectivity index (χ0) is 27.9. The predicted octanol–water partition coefficient (Wildman–Crippen LogP) is 4.61. The molecule has 206 valence electrons. The molecule has 39 heavy (non-hydrogen) atoms. The molecule has 4 aromatic heterocycles. The molecule has 0 spiro atoms. The number of thiazole rings is 1. The minimum atomic E-state index is -1.83. The van der Waals surface area contributed by atoms with Gasteiger partial charge in [-0.15, -0.1) is 11.3 Å². The van der Waals surface area contributed by atoms with Crippen LogP contribution in [0.1, 0.15) is 54.6 Å². The van der Waals surface area contributed by atoms with Crippen molar-refractivity contribution in [1.29, 1.82) is 0 Å². The molecule has 0 saturated heterocycles. The number of nitrogens with two attached hydrogens (primary N) is 1. The van der Waals surface area contributed by atoms with Crippen molar-refractivity contribution >= 4 is 34.7 Å². The molecule has 0 atom stereocenters. The molecule has 0 aliphatic heterocycles. The molecule has 5 rings (SSSR count). The van der Waals surface area contributed by atoms with Crippen molar-refractivity contribution < 1.29 is 29.3 Å². The van der Waals surface area contributed by atoms with Gasteiger partial charge in [-0.2, -0.15) is 9.61 Å². The van der Waals surface area contributed by atoms with Crippen LogP contribution in [-0.4, -0.2) is 73.1 Å². The third-order valence-electron chi connectivity index (χ3n) is 6.49. The van der Waals surface area contributed by atoms with E-state index in [-0.39, 0.29) is 17.8 Å². The summed E-state index contributed by atoms with van der Waals surface area (Å²) in [5.74, 6) is 0.364. The van der Waals surface area contributed by atoms with Crippen LogP contribution in [0.2, 0.25) is 0 Å². The third-order valence-corrected chi connectivity index (χ3v) is 7.29. The summed E-state index contributed by atoms with van der Waals surface area (Å²) in [6, 6.07) is 3.93. The average Bonchev–Trinajstić information content (AvgIpc) is 3.60. The highest BCUT2D eigenvalue weighted by Crippen LogP contribution is 2.38. The standard InChI is InChI=1S/C25H28N6O3S.CH2O3/c1-15(32)21-22(16-3-6-18(7-4-16)34-11-10-33-2)30-24-19(14-29-31(24)23(21)26)17-5-8-20(28-13-17)25-27-9-12-35-25;2-1(3)4/h5,8-9,12-14,16,18H,3-4,6-7,10-11,26H2,1-2H3;(H2,2,3,4)/t16-,18-;. The monoisotopic (exact) mass is 554 g/mol. The molecule has 1 fully saturated rings. The first-order valence-electron chi connectivity index (χ1n) is 12.4. The second-order valence-electron chi connectivity index (χ2n) is 9.00. The number of aromatic nitrogens is 5. The van der Waals surface area contributed by atoms with Gasteiger partial charge in [-0.05, 0) is 38.7 Å². The molecule has 0 unspecified atom stereocenters. The Labute approximate surface area is 228 Å². The van der Waals surface area contributed by atoms with Gasteiger partial charge in [0.1, 0.15) is 10.8 Å². The summed E-state index contributed by atoms with van der Waals surface area (Å²) < 4.78 is 12.6. The molecule has 13 heteroatoms. The molecular formula is C26H30N6O6S. The number of carbonyl (C=O) groups is 2. The van der Waals surface area contributed by atoms with Crippen LogP contribution in [0.3, 0.4) is 0 Å². The number of rotatable bonds is 8. The highest BCUT2D eigenvalue weighted by Gasteiger charge is 2.29. The van der Waals surface area contributed by atoms with E-state index in [1.807, 2.05) is 17.5 Å². The molecule has 4 N–H and O–H groups in total. The van der Waals surface area contributed by atoms with E-state index < -0.39 is 6.16 Å². The maximum Gasteiger partial charge on any atom is 0.503 e. The van der Waals surface area contributed by atoms with Crippen LogP contribution in [0.4, 0.5) is 10.6 Å². The zero-order valence-corrected chi connectivity index (χ0v) is 22.4. The normalized spacial score (nSPS) is 17.0. The van der Waals surface area contributed by atoms with Crippen molar-refractivity contribution in [2.75, 3.05) is 26.1 Å². The first-order chi connectivity index (χ1) is 18.8. The molecule has 1 saturated carbocycles. The molecule has 1 aliphatic carbocycles. The second-order valence-corrected chi connectivity index (χ2v) is 9.89. The van der Waals surface area contributed by atoms with Gasteiger partial charge in [0.15, 0.2) is 11.4 Å². The van der Waals surface area contributed by atoms with E-state index in [0.717, 1.165) is 53.2 Å². The van der Waals surface area contributed by atoms with E-state index in [1.54, 1.807) is 41.6 Å². The summed E-state index contributed by atoms with van der Waals surface area (Å²) in [5, 5.41) is 21.2. The average molecular weight is 555 g/mol.